The van der Waals surface area contributed by atoms with Crippen molar-refractivity contribution < 1.29 is 28.7 Å². The standard InChI is InChI=1S/C44H50N8O6/c1-51(2)22-23-52(29-32-15-10-11-20-45-32)44(57)38-27-40(53)48-37(26-31-28-47-35-18-8-6-16-33(31)35)43(56)49-36(25-30-13-4-3-5-14-30)42(55)46-21-12-24-58-39-19-9-7-17-34(39)41(54)50-38/h3-11,13-20,28,36-38,47H,12,21-27,29H2,1-2H3,(H,46,55)(H,48,53)(H,49,56)(H,50,54)/t36-,37-,38-/m0/s1. The van der Waals surface area contributed by atoms with Crippen molar-refractivity contribution in [2.45, 2.75) is 50.4 Å². The van der Waals surface area contributed by atoms with Crippen molar-refractivity contribution in [1.29, 1.82) is 0 Å². The quantitative estimate of drug-likeness (QED) is 0.144. The van der Waals surface area contributed by atoms with Gasteiger partial charge < -0.3 is 40.8 Å². The Balaban J connectivity index is 1.35. The molecule has 0 fully saturated rings. The zero-order chi connectivity index (χ0) is 40.9. The number of hydrogen-bond acceptors (Lipinski definition) is 8. The summed E-state index contributed by atoms with van der Waals surface area (Å²) < 4.78 is 6.01. The number of aromatic nitrogens is 2. The highest BCUT2D eigenvalue weighted by Crippen LogP contribution is 2.21. The first-order valence-electron chi connectivity index (χ1n) is 19.5. The van der Waals surface area contributed by atoms with E-state index >= 15 is 0 Å². The summed E-state index contributed by atoms with van der Waals surface area (Å²) in [5.74, 6) is -2.46. The molecule has 0 unspecified atom stereocenters. The molecule has 302 valence electrons. The predicted molar refractivity (Wildman–Crippen MR) is 220 cm³/mol. The second-order valence-corrected chi connectivity index (χ2v) is 14.5. The normalized spacial score (nSPS) is 18.4. The second kappa shape index (κ2) is 20.1. The number of nitrogens with zero attached hydrogens (tertiary/aromatic N) is 3. The molecule has 6 rings (SSSR count). The summed E-state index contributed by atoms with van der Waals surface area (Å²) in [6.45, 7) is 1.33. The first-order valence-corrected chi connectivity index (χ1v) is 19.5. The number of ether oxygens (including phenoxy) is 1. The van der Waals surface area contributed by atoms with Gasteiger partial charge in [0.25, 0.3) is 5.91 Å². The number of H-pyrrole nitrogens is 1. The van der Waals surface area contributed by atoms with Gasteiger partial charge in [0.15, 0.2) is 0 Å². The fraction of sp³-hybridized carbons (Fsp3) is 0.318. The van der Waals surface area contributed by atoms with E-state index in [2.05, 4.69) is 31.2 Å². The second-order valence-electron chi connectivity index (χ2n) is 14.5. The Morgan fingerprint density at radius 3 is 2.33 bits per heavy atom. The van der Waals surface area contributed by atoms with E-state index in [-0.39, 0.29) is 50.4 Å². The Kier molecular flexibility index (Phi) is 14.2. The van der Waals surface area contributed by atoms with Crippen LogP contribution in [0, 0.1) is 0 Å². The number of amides is 5. The molecular formula is C44H50N8O6. The fourth-order valence-corrected chi connectivity index (χ4v) is 6.80. The molecule has 3 heterocycles. The number of benzene rings is 3. The van der Waals surface area contributed by atoms with Gasteiger partial charge in [0, 0.05) is 55.8 Å². The van der Waals surface area contributed by atoms with Gasteiger partial charge in [-0.1, -0.05) is 66.7 Å². The third kappa shape index (κ3) is 11.3. The predicted octanol–water partition coefficient (Wildman–Crippen LogP) is 3.00. The Hall–Kier alpha value is -6.54. The molecule has 0 radical (unpaired) electrons. The average Bonchev–Trinajstić information content (AvgIpc) is 3.64. The summed E-state index contributed by atoms with van der Waals surface area (Å²) in [6.07, 6.45) is 3.63. The number of rotatable bonds is 10. The van der Waals surface area contributed by atoms with Crippen molar-refractivity contribution in [2.24, 2.45) is 0 Å². The van der Waals surface area contributed by atoms with Gasteiger partial charge in [-0.2, -0.15) is 0 Å². The summed E-state index contributed by atoms with van der Waals surface area (Å²) in [5, 5.41) is 12.4. The molecule has 1 aliphatic rings. The molecule has 5 aromatic rings. The summed E-state index contributed by atoms with van der Waals surface area (Å²) in [7, 11) is 3.78. The van der Waals surface area contributed by atoms with Crippen LogP contribution in [-0.2, 0) is 38.6 Å². The molecule has 2 aromatic heterocycles. The van der Waals surface area contributed by atoms with Crippen LogP contribution in [0.25, 0.3) is 10.9 Å². The maximum absolute atomic E-state index is 14.6. The lowest BCUT2D eigenvalue weighted by molar-refractivity contribution is -0.137. The summed E-state index contributed by atoms with van der Waals surface area (Å²) >= 11 is 0. The highest BCUT2D eigenvalue weighted by molar-refractivity contribution is 6.01. The number of nitrogens with one attached hydrogen (secondary N) is 5. The summed E-state index contributed by atoms with van der Waals surface area (Å²) in [6, 6.07) is 25.6. The van der Waals surface area contributed by atoms with Crippen molar-refractivity contribution in [3.8, 4) is 5.75 Å². The Morgan fingerprint density at radius 2 is 1.53 bits per heavy atom. The van der Waals surface area contributed by atoms with Crippen molar-refractivity contribution in [3.63, 3.8) is 0 Å². The van der Waals surface area contributed by atoms with Gasteiger partial charge in [-0.15, -0.1) is 0 Å². The van der Waals surface area contributed by atoms with Gasteiger partial charge in [-0.05, 0) is 62.0 Å². The van der Waals surface area contributed by atoms with Crippen LogP contribution >= 0.6 is 0 Å². The molecule has 0 saturated heterocycles. The van der Waals surface area contributed by atoms with E-state index < -0.39 is 54.1 Å². The van der Waals surface area contributed by atoms with E-state index in [1.165, 1.54) is 0 Å². The van der Waals surface area contributed by atoms with Gasteiger partial charge in [0.1, 0.15) is 23.9 Å². The number of likely N-dealkylation sites (N-methyl/N-ethyl adjacent to an activating group) is 1. The zero-order valence-corrected chi connectivity index (χ0v) is 32.8. The zero-order valence-electron chi connectivity index (χ0n) is 32.8. The van der Waals surface area contributed by atoms with E-state index in [0.717, 1.165) is 22.0 Å². The first-order chi connectivity index (χ1) is 28.1. The van der Waals surface area contributed by atoms with Crippen LogP contribution in [0.5, 0.6) is 5.75 Å². The molecule has 0 spiro atoms. The van der Waals surface area contributed by atoms with E-state index in [9.17, 15) is 24.0 Å². The van der Waals surface area contributed by atoms with E-state index in [0.29, 0.717) is 18.7 Å². The molecular weight excluding hydrogens is 737 g/mol. The molecule has 5 N–H and O–H groups in total. The monoisotopic (exact) mass is 786 g/mol. The third-order valence-corrected chi connectivity index (χ3v) is 9.88. The van der Waals surface area contributed by atoms with Crippen LogP contribution in [-0.4, -0.2) is 108 Å². The molecule has 3 atom stereocenters. The number of pyridine rings is 1. The van der Waals surface area contributed by atoms with E-state index in [1.54, 1.807) is 53.7 Å². The first kappa shape index (κ1) is 41.1. The van der Waals surface area contributed by atoms with Gasteiger partial charge >= 0.3 is 0 Å². The third-order valence-electron chi connectivity index (χ3n) is 9.88. The molecule has 0 saturated carbocycles. The fourth-order valence-electron chi connectivity index (χ4n) is 6.80. The molecule has 5 amide bonds. The minimum atomic E-state index is -1.33. The highest BCUT2D eigenvalue weighted by atomic mass is 16.5. The van der Waals surface area contributed by atoms with Gasteiger partial charge in [0.2, 0.25) is 23.6 Å². The molecule has 58 heavy (non-hydrogen) atoms. The van der Waals surface area contributed by atoms with Crippen LogP contribution < -0.4 is 26.0 Å². The lowest BCUT2D eigenvalue weighted by Crippen LogP contribution is -2.56. The van der Waals surface area contributed by atoms with Crippen LogP contribution in [0.15, 0.2) is 109 Å². The molecule has 1 aliphatic heterocycles. The van der Waals surface area contributed by atoms with E-state index in [4.69, 9.17) is 4.74 Å². The molecule has 14 heteroatoms. The number of carbonyl (C=O) groups excluding carboxylic acids is 5. The number of aromatic amines is 1. The minimum Gasteiger partial charge on any atom is -0.493 e. The number of para-hydroxylation sites is 2. The maximum Gasteiger partial charge on any atom is 0.255 e. The van der Waals surface area contributed by atoms with Crippen molar-refractivity contribution >= 4 is 40.4 Å². The van der Waals surface area contributed by atoms with Crippen molar-refractivity contribution in [2.75, 3.05) is 40.3 Å². The SMILES string of the molecule is CN(C)CCN(Cc1ccccn1)C(=O)[C@@H]1CC(=O)N[C@@H](Cc2c[nH]c3ccccc23)C(=O)N[C@@H](Cc2ccccc2)C(=O)NCCCOc2ccccc2C(=O)N1. The smallest absolute Gasteiger partial charge is 0.255 e. The van der Waals surface area contributed by atoms with Crippen LogP contribution in [0.4, 0.5) is 0 Å². The maximum atomic E-state index is 14.6. The lowest BCUT2D eigenvalue weighted by Gasteiger charge is -2.29. The average molecular weight is 787 g/mol. The summed E-state index contributed by atoms with van der Waals surface area (Å²) in [4.78, 5) is 82.0. The lowest BCUT2D eigenvalue weighted by atomic mass is 10.0. The minimum absolute atomic E-state index is 0.0750. The van der Waals surface area contributed by atoms with Crippen molar-refractivity contribution in [3.05, 3.63) is 132 Å². The largest absolute Gasteiger partial charge is 0.493 e. The van der Waals surface area contributed by atoms with E-state index in [1.807, 2.05) is 79.7 Å². The number of hydrogen-bond donors (Lipinski definition) is 5. The Labute approximate surface area is 337 Å². The van der Waals surface area contributed by atoms with Crippen LogP contribution in [0.1, 0.15) is 40.0 Å². The van der Waals surface area contributed by atoms with Gasteiger partial charge in [0.05, 0.1) is 30.8 Å². The van der Waals surface area contributed by atoms with Gasteiger partial charge in [-0.25, -0.2) is 0 Å². The Morgan fingerprint density at radius 1 is 0.793 bits per heavy atom. The molecule has 0 bridgehead atoms. The molecule has 3 aromatic carbocycles. The molecule has 14 nitrogen and oxygen atoms in total. The van der Waals surface area contributed by atoms with Gasteiger partial charge in [-0.3, -0.25) is 29.0 Å². The molecule has 0 aliphatic carbocycles. The highest BCUT2D eigenvalue weighted by Gasteiger charge is 2.33. The Bertz CT molecular complexity index is 2180. The summed E-state index contributed by atoms with van der Waals surface area (Å²) in [5.41, 5.74) is 3.27. The van der Waals surface area contributed by atoms with Crippen LogP contribution in [0.2, 0.25) is 0 Å². The van der Waals surface area contributed by atoms with Crippen molar-refractivity contribution in [1.82, 2.24) is 41.0 Å². The number of fused-ring (bicyclic) bond motifs is 2. The topological polar surface area (TPSA) is 178 Å². The number of carbonyl (C=O) groups is 5. The van der Waals surface area contributed by atoms with Crippen LogP contribution in [0.3, 0.4) is 0 Å².